The van der Waals surface area contributed by atoms with Gasteiger partial charge in [0.2, 0.25) is 0 Å². The van der Waals surface area contributed by atoms with Gasteiger partial charge in [0.25, 0.3) is 0 Å². The average molecular weight is 390 g/mol. The summed E-state index contributed by atoms with van der Waals surface area (Å²) in [5.41, 5.74) is 1.19. The van der Waals surface area contributed by atoms with Crippen molar-refractivity contribution < 1.29 is 9.47 Å². The molecule has 26 heavy (non-hydrogen) atoms. The van der Waals surface area contributed by atoms with E-state index in [4.69, 9.17) is 21.1 Å². The highest BCUT2D eigenvalue weighted by molar-refractivity contribution is 7.99. The maximum Gasteiger partial charge on any atom is 0.191 e. The molecule has 0 amide bonds. The third kappa shape index (κ3) is 4.93. The second-order valence-electron chi connectivity index (χ2n) is 5.69. The van der Waals surface area contributed by atoms with Crippen LogP contribution in [0.2, 0.25) is 5.02 Å². The Hall–Kier alpha value is -2.18. The molecule has 136 valence electrons. The molecule has 0 atom stereocenters. The van der Waals surface area contributed by atoms with Gasteiger partial charge in [0.05, 0.1) is 11.6 Å². The van der Waals surface area contributed by atoms with Gasteiger partial charge >= 0.3 is 0 Å². The van der Waals surface area contributed by atoms with Crippen LogP contribution in [0.3, 0.4) is 0 Å². The number of rotatable bonds is 8. The van der Waals surface area contributed by atoms with Crippen LogP contribution in [0.5, 0.6) is 11.5 Å². The first-order chi connectivity index (χ1) is 12.6. The van der Waals surface area contributed by atoms with Crippen molar-refractivity contribution in [2.45, 2.75) is 18.7 Å². The highest BCUT2D eigenvalue weighted by Crippen LogP contribution is 2.24. The number of halogens is 1. The molecule has 1 heterocycles. The van der Waals surface area contributed by atoms with Gasteiger partial charge in [0.1, 0.15) is 18.1 Å². The minimum atomic E-state index is 0.313. The Morgan fingerprint density at radius 1 is 1.08 bits per heavy atom. The van der Waals surface area contributed by atoms with Crippen molar-refractivity contribution in [3.63, 3.8) is 0 Å². The van der Waals surface area contributed by atoms with E-state index in [1.165, 1.54) is 5.56 Å². The van der Waals surface area contributed by atoms with E-state index in [1.807, 2.05) is 61.0 Å². The summed E-state index contributed by atoms with van der Waals surface area (Å²) >= 11 is 7.69. The van der Waals surface area contributed by atoms with E-state index < -0.39 is 0 Å². The predicted molar refractivity (Wildman–Crippen MR) is 104 cm³/mol. The largest absolute Gasteiger partial charge is 0.493 e. The van der Waals surface area contributed by atoms with E-state index >= 15 is 0 Å². The molecule has 1 aromatic heterocycles. The van der Waals surface area contributed by atoms with Gasteiger partial charge in [-0.05, 0) is 36.8 Å². The Morgan fingerprint density at radius 3 is 2.73 bits per heavy atom. The van der Waals surface area contributed by atoms with E-state index in [0.29, 0.717) is 24.0 Å². The number of nitrogens with zero attached hydrogens (tertiary/aromatic N) is 3. The van der Waals surface area contributed by atoms with Crippen LogP contribution in [0, 0.1) is 6.92 Å². The zero-order valence-corrected chi connectivity index (χ0v) is 16.3. The fourth-order valence-electron chi connectivity index (χ4n) is 2.30. The Bertz CT molecular complexity index is 869. The molecule has 3 aromatic rings. The van der Waals surface area contributed by atoms with Crippen LogP contribution in [0.4, 0.5) is 0 Å². The standard InChI is InChI=1S/C19H20ClN3O2S/c1-14-6-5-7-15(12-14)24-10-11-26-19-22-21-18(23(19)2)13-25-17-9-4-3-8-16(17)20/h3-9,12H,10-11,13H2,1-2H3. The van der Waals surface area contributed by atoms with Gasteiger partial charge < -0.3 is 14.0 Å². The van der Waals surface area contributed by atoms with Gasteiger partial charge in [0, 0.05) is 12.8 Å². The summed E-state index contributed by atoms with van der Waals surface area (Å²) in [6, 6.07) is 15.4. The van der Waals surface area contributed by atoms with Crippen molar-refractivity contribution in [1.29, 1.82) is 0 Å². The lowest BCUT2D eigenvalue weighted by atomic mass is 10.2. The predicted octanol–water partition coefficient (Wildman–Crippen LogP) is 4.53. The summed E-state index contributed by atoms with van der Waals surface area (Å²) in [7, 11) is 1.93. The first-order valence-electron chi connectivity index (χ1n) is 8.21. The molecule has 0 fully saturated rings. The van der Waals surface area contributed by atoms with Gasteiger partial charge in [-0.25, -0.2) is 0 Å². The van der Waals surface area contributed by atoms with Gasteiger partial charge in [-0.2, -0.15) is 0 Å². The Kier molecular flexibility index (Phi) is 6.41. The van der Waals surface area contributed by atoms with E-state index in [2.05, 4.69) is 10.2 Å². The second-order valence-corrected chi connectivity index (χ2v) is 7.16. The number of ether oxygens (including phenoxy) is 2. The number of hydrogen-bond acceptors (Lipinski definition) is 5. The fraction of sp³-hybridized carbons (Fsp3) is 0.263. The van der Waals surface area contributed by atoms with Crippen molar-refractivity contribution in [2.24, 2.45) is 7.05 Å². The zero-order valence-electron chi connectivity index (χ0n) is 14.7. The molecule has 0 radical (unpaired) electrons. The monoisotopic (exact) mass is 389 g/mol. The van der Waals surface area contributed by atoms with Crippen LogP contribution >= 0.6 is 23.4 Å². The maximum atomic E-state index is 6.09. The highest BCUT2D eigenvalue weighted by Gasteiger charge is 2.10. The Labute approximate surface area is 162 Å². The molecular weight excluding hydrogens is 370 g/mol. The molecule has 2 aromatic carbocycles. The first kappa shape index (κ1) is 18.6. The number of hydrogen-bond donors (Lipinski definition) is 0. The fourth-order valence-corrected chi connectivity index (χ4v) is 3.24. The number of benzene rings is 2. The quantitative estimate of drug-likeness (QED) is 0.418. The molecule has 0 bridgehead atoms. The van der Waals surface area contributed by atoms with E-state index in [0.717, 1.165) is 22.5 Å². The van der Waals surface area contributed by atoms with Crippen LogP contribution in [0.25, 0.3) is 0 Å². The minimum Gasteiger partial charge on any atom is -0.493 e. The number of thioether (sulfide) groups is 1. The third-order valence-corrected chi connectivity index (χ3v) is 4.99. The van der Waals surface area contributed by atoms with Crippen molar-refractivity contribution in [3.8, 4) is 11.5 Å². The van der Waals surface area contributed by atoms with E-state index in [1.54, 1.807) is 17.8 Å². The van der Waals surface area contributed by atoms with Gasteiger partial charge in [-0.3, -0.25) is 0 Å². The molecule has 3 rings (SSSR count). The van der Waals surface area contributed by atoms with E-state index in [-0.39, 0.29) is 0 Å². The van der Waals surface area contributed by atoms with Crippen LogP contribution in [-0.4, -0.2) is 27.1 Å². The lowest BCUT2D eigenvalue weighted by Gasteiger charge is -2.08. The van der Waals surface area contributed by atoms with Gasteiger partial charge in [-0.1, -0.05) is 47.6 Å². The molecular formula is C19H20ClN3O2S. The molecule has 0 saturated heterocycles. The number of para-hydroxylation sites is 1. The van der Waals surface area contributed by atoms with Crippen LogP contribution in [0.15, 0.2) is 53.7 Å². The summed E-state index contributed by atoms with van der Waals surface area (Å²) in [6.45, 7) is 2.97. The minimum absolute atomic E-state index is 0.313. The lowest BCUT2D eigenvalue weighted by molar-refractivity contribution is 0.290. The Morgan fingerprint density at radius 2 is 1.92 bits per heavy atom. The SMILES string of the molecule is Cc1cccc(OCCSc2nnc(COc3ccccc3Cl)n2C)c1. The molecule has 0 N–H and O–H groups in total. The van der Waals surface area contributed by atoms with Crippen molar-refractivity contribution >= 4 is 23.4 Å². The van der Waals surface area contributed by atoms with Gasteiger partial charge in [0.15, 0.2) is 11.0 Å². The molecule has 0 aliphatic heterocycles. The zero-order chi connectivity index (χ0) is 18.4. The number of aromatic nitrogens is 3. The number of aryl methyl sites for hydroxylation is 1. The smallest absolute Gasteiger partial charge is 0.191 e. The molecule has 7 heteroatoms. The Balaban J connectivity index is 1.48. The molecule has 0 aliphatic carbocycles. The van der Waals surface area contributed by atoms with Crippen LogP contribution < -0.4 is 9.47 Å². The topological polar surface area (TPSA) is 49.2 Å². The molecule has 5 nitrogen and oxygen atoms in total. The van der Waals surface area contributed by atoms with Crippen molar-refractivity contribution in [2.75, 3.05) is 12.4 Å². The molecule has 0 aliphatic rings. The van der Waals surface area contributed by atoms with Gasteiger partial charge in [-0.15, -0.1) is 10.2 Å². The van der Waals surface area contributed by atoms with Crippen molar-refractivity contribution in [1.82, 2.24) is 14.8 Å². The molecule has 0 saturated carbocycles. The summed E-state index contributed by atoms with van der Waals surface area (Å²) < 4.78 is 13.4. The second kappa shape index (κ2) is 8.96. The molecule has 0 unspecified atom stereocenters. The normalized spacial score (nSPS) is 10.7. The average Bonchev–Trinajstić information content (AvgIpc) is 2.98. The summed E-state index contributed by atoms with van der Waals surface area (Å²) in [5, 5.41) is 9.82. The summed E-state index contributed by atoms with van der Waals surface area (Å²) in [5.74, 6) is 3.05. The van der Waals surface area contributed by atoms with E-state index in [9.17, 15) is 0 Å². The third-order valence-electron chi connectivity index (χ3n) is 3.69. The lowest BCUT2D eigenvalue weighted by Crippen LogP contribution is -2.05. The van der Waals surface area contributed by atoms with Crippen LogP contribution in [-0.2, 0) is 13.7 Å². The summed E-state index contributed by atoms with van der Waals surface area (Å²) in [6.07, 6.45) is 0. The highest BCUT2D eigenvalue weighted by atomic mass is 35.5. The maximum absolute atomic E-state index is 6.09. The van der Waals surface area contributed by atoms with Crippen LogP contribution in [0.1, 0.15) is 11.4 Å². The summed E-state index contributed by atoms with van der Waals surface area (Å²) in [4.78, 5) is 0. The van der Waals surface area contributed by atoms with Crippen molar-refractivity contribution in [3.05, 3.63) is 64.9 Å². The first-order valence-corrected chi connectivity index (χ1v) is 9.57. The molecule has 0 spiro atoms.